The molecule has 7 nitrogen and oxygen atoms in total. The molecule has 0 bridgehead atoms. The first-order chi connectivity index (χ1) is 9.04. The number of carbonyl (C=O) groups is 2. The Kier molecular flexibility index (Phi) is 5.56. The monoisotopic (exact) mass is 285 g/mol. The van der Waals surface area contributed by atoms with E-state index < -0.39 is 0 Å². The standard InChI is InChI=1S/C11H19N5O2S/c1-4-16(5-2)7(17)6-14-11-8(10(18)13-3)9(12)15-19-11/h14H,4-6H2,1-3H3,(H2,12,15)(H,13,18). The van der Waals surface area contributed by atoms with Gasteiger partial charge in [-0.3, -0.25) is 9.59 Å². The zero-order valence-corrected chi connectivity index (χ0v) is 12.1. The first-order valence-electron chi connectivity index (χ1n) is 6.03. The highest BCUT2D eigenvalue weighted by atomic mass is 32.1. The van der Waals surface area contributed by atoms with E-state index in [0.29, 0.717) is 23.7 Å². The van der Waals surface area contributed by atoms with Crippen molar-refractivity contribution in [2.75, 3.05) is 37.7 Å². The van der Waals surface area contributed by atoms with Gasteiger partial charge in [-0.15, -0.1) is 0 Å². The second-order valence-electron chi connectivity index (χ2n) is 3.77. The molecule has 2 amide bonds. The Hall–Kier alpha value is -1.83. The van der Waals surface area contributed by atoms with Crippen LogP contribution in [0, 0.1) is 0 Å². The third-order valence-electron chi connectivity index (χ3n) is 2.69. The minimum atomic E-state index is -0.316. The number of rotatable bonds is 6. The van der Waals surface area contributed by atoms with Crippen molar-refractivity contribution in [3.63, 3.8) is 0 Å². The number of amides is 2. The Morgan fingerprint density at radius 2 is 2.00 bits per heavy atom. The summed E-state index contributed by atoms with van der Waals surface area (Å²) < 4.78 is 3.92. The highest BCUT2D eigenvalue weighted by molar-refractivity contribution is 7.11. The molecule has 0 spiro atoms. The predicted molar refractivity (Wildman–Crippen MR) is 76.3 cm³/mol. The topological polar surface area (TPSA) is 100 Å². The zero-order chi connectivity index (χ0) is 14.4. The molecule has 0 aliphatic carbocycles. The third-order valence-corrected chi connectivity index (χ3v) is 3.51. The number of aromatic nitrogens is 1. The van der Waals surface area contributed by atoms with E-state index in [1.165, 1.54) is 7.05 Å². The van der Waals surface area contributed by atoms with Crippen LogP contribution in [0.15, 0.2) is 0 Å². The second kappa shape index (κ2) is 6.93. The average molecular weight is 285 g/mol. The van der Waals surface area contributed by atoms with Crippen LogP contribution >= 0.6 is 11.5 Å². The van der Waals surface area contributed by atoms with E-state index in [1.807, 2.05) is 13.8 Å². The Morgan fingerprint density at radius 3 is 2.53 bits per heavy atom. The van der Waals surface area contributed by atoms with Crippen molar-refractivity contribution >= 4 is 34.2 Å². The van der Waals surface area contributed by atoms with E-state index in [4.69, 9.17) is 5.73 Å². The number of nitrogens with zero attached hydrogens (tertiary/aromatic N) is 2. The van der Waals surface area contributed by atoms with Gasteiger partial charge in [0.25, 0.3) is 5.91 Å². The van der Waals surface area contributed by atoms with Gasteiger partial charge < -0.3 is 21.3 Å². The van der Waals surface area contributed by atoms with Crippen molar-refractivity contribution in [2.24, 2.45) is 0 Å². The molecule has 1 aromatic heterocycles. The number of carbonyl (C=O) groups excluding carboxylic acids is 2. The molecule has 0 saturated heterocycles. The number of likely N-dealkylation sites (N-methyl/N-ethyl adjacent to an activating group) is 1. The molecule has 0 aliphatic heterocycles. The van der Waals surface area contributed by atoms with Crippen LogP contribution in [0.2, 0.25) is 0 Å². The van der Waals surface area contributed by atoms with Crippen LogP contribution in [-0.2, 0) is 4.79 Å². The van der Waals surface area contributed by atoms with Crippen molar-refractivity contribution in [1.82, 2.24) is 14.6 Å². The van der Waals surface area contributed by atoms with Crippen molar-refractivity contribution in [3.8, 4) is 0 Å². The zero-order valence-electron chi connectivity index (χ0n) is 11.3. The van der Waals surface area contributed by atoms with E-state index in [9.17, 15) is 9.59 Å². The van der Waals surface area contributed by atoms with Crippen LogP contribution in [0.25, 0.3) is 0 Å². The lowest BCUT2D eigenvalue weighted by molar-refractivity contribution is -0.128. The van der Waals surface area contributed by atoms with Gasteiger partial charge in [-0.1, -0.05) is 0 Å². The smallest absolute Gasteiger partial charge is 0.257 e. The number of hydrogen-bond donors (Lipinski definition) is 3. The number of anilines is 2. The van der Waals surface area contributed by atoms with Crippen LogP contribution in [-0.4, -0.2) is 47.8 Å². The summed E-state index contributed by atoms with van der Waals surface area (Å²) >= 11 is 1.07. The predicted octanol–water partition coefficient (Wildman–Crippen LogP) is 0.365. The summed E-state index contributed by atoms with van der Waals surface area (Å²) in [4.78, 5) is 25.2. The van der Waals surface area contributed by atoms with Gasteiger partial charge in [0.1, 0.15) is 10.6 Å². The van der Waals surface area contributed by atoms with E-state index >= 15 is 0 Å². The maximum absolute atomic E-state index is 11.9. The van der Waals surface area contributed by atoms with E-state index in [2.05, 4.69) is 15.0 Å². The molecule has 106 valence electrons. The molecular formula is C11H19N5O2S. The number of nitrogen functional groups attached to an aromatic ring is 1. The molecule has 1 rings (SSSR count). The summed E-state index contributed by atoms with van der Waals surface area (Å²) in [6.07, 6.45) is 0. The molecule has 0 radical (unpaired) electrons. The molecule has 0 atom stereocenters. The fourth-order valence-corrected chi connectivity index (χ4v) is 2.32. The molecule has 0 aliphatic rings. The molecular weight excluding hydrogens is 266 g/mol. The van der Waals surface area contributed by atoms with Gasteiger partial charge in [0.2, 0.25) is 5.91 Å². The lowest BCUT2D eigenvalue weighted by Crippen LogP contribution is -2.35. The minimum Gasteiger partial charge on any atom is -0.382 e. The van der Waals surface area contributed by atoms with Crippen molar-refractivity contribution < 1.29 is 9.59 Å². The Morgan fingerprint density at radius 1 is 1.37 bits per heavy atom. The first-order valence-corrected chi connectivity index (χ1v) is 6.81. The van der Waals surface area contributed by atoms with Crippen LogP contribution in [0.1, 0.15) is 24.2 Å². The fraction of sp³-hybridized carbons (Fsp3) is 0.545. The molecule has 0 unspecified atom stereocenters. The molecule has 0 fully saturated rings. The van der Waals surface area contributed by atoms with Crippen LogP contribution in [0.3, 0.4) is 0 Å². The van der Waals surface area contributed by atoms with E-state index in [1.54, 1.807) is 4.90 Å². The van der Waals surface area contributed by atoms with Gasteiger partial charge in [0.05, 0.1) is 6.54 Å². The van der Waals surface area contributed by atoms with Crippen LogP contribution < -0.4 is 16.4 Å². The third kappa shape index (κ3) is 3.57. The lowest BCUT2D eigenvalue weighted by Gasteiger charge is -2.18. The minimum absolute atomic E-state index is 0.0279. The first kappa shape index (κ1) is 15.2. The summed E-state index contributed by atoms with van der Waals surface area (Å²) in [5.74, 6) is -0.175. The quantitative estimate of drug-likeness (QED) is 0.701. The maximum atomic E-state index is 11.9. The summed E-state index contributed by atoms with van der Waals surface area (Å²) in [7, 11) is 1.52. The van der Waals surface area contributed by atoms with Crippen molar-refractivity contribution in [2.45, 2.75) is 13.8 Å². The van der Waals surface area contributed by atoms with E-state index in [-0.39, 0.29) is 24.2 Å². The highest BCUT2D eigenvalue weighted by Gasteiger charge is 2.19. The SMILES string of the molecule is CCN(CC)C(=O)CNc1snc(N)c1C(=O)NC. The summed E-state index contributed by atoms with van der Waals surface area (Å²) in [6, 6.07) is 0. The molecule has 1 aromatic rings. The number of nitrogens with two attached hydrogens (primary N) is 1. The Balaban J connectivity index is 2.73. The summed E-state index contributed by atoms with van der Waals surface area (Å²) in [5.41, 5.74) is 5.93. The maximum Gasteiger partial charge on any atom is 0.257 e. The van der Waals surface area contributed by atoms with Gasteiger partial charge in [-0.2, -0.15) is 4.37 Å². The number of nitrogens with one attached hydrogen (secondary N) is 2. The largest absolute Gasteiger partial charge is 0.382 e. The van der Waals surface area contributed by atoms with Gasteiger partial charge in [0, 0.05) is 20.1 Å². The summed E-state index contributed by atoms with van der Waals surface area (Å²) in [6.45, 7) is 5.27. The van der Waals surface area contributed by atoms with Crippen molar-refractivity contribution in [1.29, 1.82) is 0 Å². The van der Waals surface area contributed by atoms with Crippen molar-refractivity contribution in [3.05, 3.63) is 5.56 Å². The number of hydrogen-bond acceptors (Lipinski definition) is 6. The molecule has 4 N–H and O–H groups in total. The summed E-state index contributed by atoms with van der Waals surface area (Å²) in [5, 5.41) is 5.93. The average Bonchev–Trinajstić information content (AvgIpc) is 2.78. The lowest BCUT2D eigenvalue weighted by atomic mass is 10.3. The fourth-order valence-electron chi connectivity index (χ4n) is 1.61. The van der Waals surface area contributed by atoms with Gasteiger partial charge in [-0.25, -0.2) is 0 Å². The Bertz CT molecular complexity index is 456. The normalized spacial score (nSPS) is 10.1. The molecule has 0 aromatic carbocycles. The van der Waals surface area contributed by atoms with Crippen LogP contribution in [0.5, 0.6) is 0 Å². The molecule has 8 heteroatoms. The molecule has 0 saturated carbocycles. The van der Waals surface area contributed by atoms with Gasteiger partial charge in [-0.05, 0) is 25.4 Å². The Labute approximate surface area is 116 Å². The van der Waals surface area contributed by atoms with Gasteiger partial charge in [0.15, 0.2) is 5.82 Å². The highest BCUT2D eigenvalue weighted by Crippen LogP contribution is 2.26. The van der Waals surface area contributed by atoms with Crippen LogP contribution in [0.4, 0.5) is 10.8 Å². The molecule has 1 heterocycles. The van der Waals surface area contributed by atoms with E-state index in [0.717, 1.165) is 11.5 Å². The second-order valence-corrected chi connectivity index (χ2v) is 4.54. The molecule has 19 heavy (non-hydrogen) atoms. The van der Waals surface area contributed by atoms with Gasteiger partial charge >= 0.3 is 0 Å².